The summed E-state index contributed by atoms with van der Waals surface area (Å²) < 4.78 is 0. The van der Waals surface area contributed by atoms with Crippen LogP contribution in [0.5, 0.6) is 11.5 Å². The third kappa shape index (κ3) is 2.18. The van der Waals surface area contributed by atoms with Crippen molar-refractivity contribution in [3.8, 4) is 22.6 Å². The van der Waals surface area contributed by atoms with E-state index in [9.17, 15) is 15.6 Å². The fraction of sp³-hybridized carbons (Fsp3) is 0. The number of rotatable bonds is 1. The Balaban J connectivity index is 2.02. The van der Waals surface area contributed by atoms with Crippen LogP contribution in [0.2, 0.25) is 0 Å². The third-order valence-corrected chi connectivity index (χ3v) is 4.48. The standard InChI is InChI=1S/C20H10N4O2/c21-23-17-8-6-11-9-12(5-7-13(11)20(17)26)16-10-18(25)19(24-22)15-4-2-1-3-14(15)16/h1-10H/p+2. The minimum atomic E-state index is -0.126. The first-order valence-corrected chi connectivity index (χ1v) is 7.85. The van der Waals surface area contributed by atoms with Crippen LogP contribution in [0.4, 0.5) is 11.4 Å². The van der Waals surface area contributed by atoms with Gasteiger partial charge >= 0.3 is 11.4 Å². The lowest BCUT2D eigenvalue weighted by Crippen LogP contribution is -1.84. The van der Waals surface area contributed by atoms with Gasteiger partial charge in [0, 0.05) is 11.5 Å². The zero-order valence-electron chi connectivity index (χ0n) is 13.5. The number of hydrogen-bond acceptors (Lipinski definition) is 4. The summed E-state index contributed by atoms with van der Waals surface area (Å²) in [4.78, 5) is 6.25. The fourth-order valence-electron chi connectivity index (χ4n) is 3.24. The second-order valence-electron chi connectivity index (χ2n) is 5.91. The van der Waals surface area contributed by atoms with Crippen molar-refractivity contribution >= 4 is 32.9 Å². The van der Waals surface area contributed by atoms with Crippen LogP contribution in [-0.2, 0) is 0 Å². The van der Waals surface area contributed by atoms with Gasteiger partial charge < -0.3 is 10.2 Å². The zero-order chi connectivity index (χ0) is 18.3. The van der Waals surface area contributed by atoms with E-state index in [-0.39, 0.29) is 22.9 Å². The predicted octanol–water partition coefficient (Wildman–Crippen LogP) is 6.04. The average Bonchev–Trinajstić information content (AvgIpc) is 2.67. The van der Waals surface area contributed by atoms with Crippen molar-refractivity contribution < 1.29 is 10.2 Å². The molecule has 0 bridgehead atoms. The lowest BCUT2D eigenvalue weighted by atomic mass is 9.94. The summed E-state index contributed by atoms with van der Waals surface area (Å²) in [6.07, 6.45) is 0. The van der Waals surface area contributed by atoms with E-state index in [1.165, 1.54) is 6.07 Å². The van der Waals surface area contributed by atoms with Crippen LogP contribution in [0.1, 0.15) is 0 Å². The molecule has 0 aliphatic carbocycles. The first kappa shape index (κ1) is 15.4. The summed E-state index contributed by atoms with van der Waals surface area (Å²) in [5.74, 6) is -0.225. The number of phenolic OH excluding ortho intramolecular Hbond substituents is 2. The number of fused-ring (bicyclic) bond motifs is 2. The molecule has 6 heteroatoms. The molecule has 0 unspecified atom stereocenters. The molecule has 4 aromatic rings. The second kappa shape index (κ2) is 5.73. The van der Waals surface area contributed by atoms with Crippen molar-refractivity contribution in [2.75, 3.05) is 0 Å². The highest BCUT2D eigenvalue weighted by Gasteiger charge is 2.22. The minimum Gasteiger partial charge on any atom is -0.501 e. The first-order chi connectivity index (χ1) is 12.6. The van der Waals surface area contributed by atoms with E-state index in [2.05, 4.69) is 9.95 Å². The molecule has 0 saturated carbocycles. The van der Waals surface area contributed by atoms with Gasteiger partial charge in [-0.3, -0.25) is 0 Å². The largest absolute Gasteiger partial charge is 0.501 e. The van der Waals surface area contributed by atoms with Crippen molar-refractivity contribution in [1.29, 1.82) is 10.8 Å². The lowest BCUT2D eigenvalue weighted by Gasteiger charge is -2.08. The van der Waals surface area contributed by atoms with Crippen LogP contribution in [0.25, 0.3) is 42.6 Å². The van der Waals surface area contributed by atoms with Crippen molar-refractivity contribution in [3.05, 3.63) is 70.6 Å². The summed E-state index contributed by atoms with van der Waals surface area (Å²) in [5.41, 5.74) is 1.81. The van der Waals surface area contributed by atoms with E-state index in [1.54, 1.807) is 36.4 Å². The molecule has 0 spiro atoms. The van der Waals surface area contributed by atoms with E-state index in [1.807, 2.05) is 18.2 Å². The monoisotopic (exact) mass is 340 g/mol. The molecule has 122 valence electrons. The number of phenols is 2. The predicted molar refractivity (Wildman–Crippen MR) is 99.7 cm³/mol. The number of benzene rings is 4. The van der Waals surface area contributed by atoms with Gasteiger partial charge in [0.15, 0.2) is 9.95 Å². The van der Waals surface area contributed by atoms with E-state index in [0.29, 0.717) is 10.8 Å². The van der Waals surface area contributed by atoms with Gasteiger partial charge in [0.25, 0.3) is 0 Å². The Morgan fingerprint density at radius 3 is 2.23 bits per heavy atom. The molecule has 0 aliphatic heterocycles. The topological polar surface area (TPSA) is 96.8 Å². The SMILES string of the molecule is N#[N+]c1ccc2cc(-c3cc(O)c([N+]#N)c4ccccc34)ccc2c1O. The molecule has 4 aromatic carbocycles. The van der Waals surface area contributed by atoms with Crippen LogP contribution in [0.3, 0.4) is 0 Å². The Kier molecular flexibility index (Phi) is 3.39. The summed E-state index contributed by atoms with van der Waals surface area (Å²) in [6, 6.07) is 17.5. The molecule has 0 atom stereocenters. The third-order valence-electron chi connectivity index (χ3n) is 4.48. The summed E-state index contributed by atoms with van der Waals surface area (Å²) in [5, 5.41) is 41.3. The molecule has 0 aliphatic rings. The van der Waals surface area contributed by atoms with Crippen molar-refractivity contribution in [1.82, 2.24) is 0 Å². The van der Waals surface area contributed by atoms with E-state index in [4.69, 9.17) is 5.39 Å². The molecular weight excluding hydrogens is 328 g/mol. The van der Waals surface area contributed by atoms with Crippen molar-refractivity contribution in [3.63, 3.8) is 0 Å². The quantitative estimate of drug-likeness (QED) is 0.413. The molecule has 0 aromatic heterocycles. The van der Waals surface area contributed by atoms with Gasteiger partial charge in [-0.05, 0) is 52.2 Å². The highest BCUT2D eigenvalue weighted by molar-refractivity contribution is 6.07. The minimum absolute atomic E-state index is 0.0984. The number of hydrogen-bond donors (Lipinski definition) is 2. The van der Waals surface area contributed by atoms with Gasteiger partial charge in [-0.2, -0.15) is 0 Å². The molecule has 0 amide bonds. The number of aromatic hydroxyl groups is 2. The smallest absolute Gasteiger partial charge is 0.433 e. The molecule has 0 fully saturated rings. The number of diazo groups is 2. The van der Waals surface area contributed by atoms with Crippen LogP contribution < -0.4 is 0 Å². The van der Waals surface area contributed by atoms with E-state index < -0.39 is 0 Å². The summed E-state index contributed by atoms with van der Waals surface area (Å²) >= 11 is 0. The van der Waals surface area contributed by atoms with Gasteiger partial charge in [0.2, 0.25) is 22.3 Å². The van der Waals surface area contributed by atoms with Gasteiger partial charge in [-0.25, -0.2) is 0 Å². The van der Waals surface area contributed by atoms with E-state index >= 15 is 0 Å². The molecule has 0 radical (unpaired) electrons. The molecular formula is C20H12N4O2+2. The van der Waals surface area contributed by atoms with Gasteiger partial charge in [0.05, 0.1) is 5.39 Å². The molecule has 6 nitrogen and oxygen atoms in total. The van der Waals surface area contributed by atoms with Gasteiger partial charge in [-0.15, -0.1) is 0 Å². The average molecular weight is 340 g/mol. The van der Waals surface area contributed by atoms with Crippen LogP contribution in [0, 0.1) is 10.8 Å². The Morgan fingerprint density at radius 1 is 0.731 bits per heavy atom. The summed E-state index contributed by atoms with van der Waals surface area (Å²) in [7, 11) is 0. The normalized spacial score (nSPS) is 10.5. The van der Waals surface area contributed by atoms with Gasteiger partial charge in [0.1, 0.15) is 0 Å². The molecule has 4 rings (SSSR count). The van der Waals surface area contributed by atoms with E-state index in [0.717, 1.165) is 21.9 Å². The fourth-order valence-corrected chi connectivity index (χ4v) is 3.24. The van der Waals surface area contributed by atoms with Crippen LogP contribution >= 0.6 is 0 Å². The second-order valence-corrected chi connectivity index (χ2v) is 5.91. The highest BCUT2D eigenvalue weighted by atomic mass is 16.3. The maximum absolute atomic E-state index is 10.2. The Morgan fingerprint density at radius 2 is 1.50 bits per heavy atom. The van der Waals surface area contributed by atoms with Gasteiger partial charge in [-0.1, -0.05) is 24.3 Å². The van der Waals surface area contributed by atoms with Crippen molar-refractivity contribution in [2.45, 2.75) is 0 Å². The highest BCUT2D eigenvalue weighted by Crippen LogP contribution is 2.43. The Bertz CT molecular complexity index is 1280. The molecule has 26 heavy (non-hydrogen) atoms. The molecule has 0 heterocycles. The van der Waals surface area contributed by atoms with Crippen LogP contribution in [0.15, 0.2) is 60.7 Å². The lowest BCUT2D eigenvalue weighted by molar-refractivity contribution is 0.479. The Labute approximate surface area is 147 Å². The van der Waals surface area contributed by atoms with Crippen molar-refractivity contribution in [2.24, 2.45) is 0 Å². The Hall–Kier alpha value is -4.16. The maximum Gasteiger partial charge on any atom is 0.433 e. The van der Waals surface area contributed by atoms with Crippen LogP contribution in [-0.4, -0.2) is 10.2 Å². The zero-order valence-corrected chi connectivity index (χ0v) is 13.5. The first-order valence-electron chi connectivity index (χ1n) is 7.85. The summed E-state index contributed by atoms with van der Waals surface area (Å²) in [6.45, 7) is 0. The maximum atomic E-state index is 10.2. The molecule has 0 saturated heterocycles. The number of nitrogens with zero attached hydrogens (tertiary/aromatic N) is 4. The molecule has 2 N–H and O–H groups in total.